The Hall–Kier alpha value is -0.900. The van der Waals surface area contributed by atoms with E-state index in [-0.39, 0.29) is 6.04 Å². The van der Waals surface area contributed by atoms with E-state index in [0.717, 1.165) is 30.6 Å². The number of hydrogen-bond acceptors (Lipinski definition) is 4. The summed E-state index contributed by atoms with van der Waals surface area (Å²) >= 11 is 0. The highest BCUT2D eigenvalue weighted by atomic mass is 16.5. The van der Waals surface area contributed by atoms with Gasteiger partial charge in [-0.05, 0) is 51.0 Å². The molecule has 4 heteroatoms. The molecule has 3 rings (SSSR count). The van der Waals surface area contributed by atoms with Crippen molar-refractivity contribution in [3.8, 4) is 0 Å². The van der Waals surface area contributed by atoms with Crippen LogP contribution >= 0.6 is 0 Å². The first-order valence-electron chi connectivity index (χ1n) is 8.43. The minimum atomic E-state index is 0.283. The molecule has 1 atom stereocenters. The van der Waals surface area contributed by atoms with Crippen LogP contribution < -0.4 is 5.32 Å². The summed E-state index contributed by atoms with van der Waals surface area (Å²) in [5, 5.41) is 7.80. The molecule has 1 N–H and O–H groups in total. The molecule has 1 unspecified atom stereocenters. The molecule has 2 aliphatic rings. The lowest BCUT2D eigenvalue weighted by Gasteiger charge is -2.25. The van der Waals surface area contributed by atoms with Gasteiger partial charge in [-0.25, -0.2) is 0 Å². The Morgan fingerprint density at radius 2 is 1.95 bits per heavy atom. The topological polar surface area (TPSA) is 51.0 Å². The predicted molar refractivity (Wildman–Crippen MR) is 78.5 cm³/mol. The van der Waals surface area contributed by atoms with E-state index in [9.17, 15) is 0 Å². The summed E-state index contributed by atoms with van der Waals surface area (Å²) in [6, 6.07) is 0.283. The molecule has 1 aromatic heterocycles. The average Bonchev–Trinajstić information content (AvgIpc) is 2.83. The molecule has 2 heterocycles. The Labute approximate surface area is 121 Å². The van der Waals surface area contributed by atoms with Crippen molar-refractivity contribution in [3.05, 3.63) is 11.7 Å². The fraction of sp³-hybridized carbons (Fsp3) is 0.875. The van der Waals surface area contributed by atoms with E-state index in [1.54, 1.807) is 0 Å². The number of nitrogens with one attached hydrogen (secondary N) is 1. The quantitative estimate of drug-likeness (QED) is 0.908. The third kappa shape index (κ3) is 3.22. The second-order valence-electron chi connectivity index (χ2n) is 6.47. The summed E-state index contributed by atoms with van der Waals surface area (Å²) in [4.78, 5) is 4.71. The first-order valence-corrected chi connectivity index (χ1v) is 8.43. The fourth-order valence-corrected chi connectivity index (χ4v) is 3.62. The first-order chi connectivity index (χ1) is 9.86. The lowest BCUT2D eigenvalue weighted by molar-refractivity contribution is 0.297. The maximum atomic E-state index is 5.54. The van der Waals surface area contributed by atoms with Crippen LogP contribution in [0, 0.1) is 5.92 Å². The minimum absolute atomic E-state index is 0.283. The van der Waals surface area contributed by atoms with Crippen LogP contribution in [0.3, 0.4) is 0 Å². The van der Waals surface area contributed by atoms with E-state index in [1.807, 2.05) is 0 Å². The van der Waals surface area contributed by atoms with Gasteiger partial charge in [-0.2, -0.15) is 4.98 Å². The zero-order valence-corrected chi connectivity index (χ0v) is 12.6. The molecule has 1 saturated carbocycles. The van der Waals surface area contributed by atoms with Gasteiger partial charge in [0.25, 0.3) is 0 Å². The van der Waals surface area contributed by atoms with Crippen molar-refractivity contribution >= 4 is 0 Å². The number of hydrogen-bond donors (Lipinski definition) is 1. The first kappa shape index (κ1) is 14.1. The van der Waals surface area contributed by atoms with Crippen LogP contribution in [0.1, 0.15) is 88.4 Å². The second kappa shape index (κ2) is 6.70. The van der Waals surface area contributed by atoms with E-state index in [0.29, 0.717) is 5.92 Å². The van der Waals surface area contributed by atoms with Crippen molar-refractivity contribution in [2.24, 2.45) is 5.92 Å². The summed E-state index contributed by atoms with van der Waals surface area (Å²) in [5.41, 5.74) is 0. The van der Waals surface area contributed by atoms with Crippen LogP contribution in [0.5, 0.6) is 0 Å². The van der Waals surface area contributed by atoms with Crippen molar-refractivity contribution in [1.29, 1.82) is 0 Å². The molecule has 1 aliphatic heterocycles. The van der Waals surface area contributed by atoms with E-state index in [4.69, 9.17) is 9.51 Å². The van der Waals surface area contributed by atoms with Crippen LogP contribution in [0.15, 0.2) is 4.52 Å². The van der Waals surface area contributed by atoms with Crippen molar-refractivity contribution in [1.82, 2.24) is 15.5 Å². The molecule has 0 bridgehead atoms. The van der Waals surface area contributed by atoms with Crippen molar-refractivity contribution in [3.63, 3.8) is 0 Å². The Morgan fingerprint density at radius 1 is 1.10 bits per heavy atom. The van der Waals surface area contributed by atoms with Crippen molar-refractivity contribution in [2.45, 2.75) is 76.7 Å². The summed E-state index contributed by atoms with van der Waals surface area (Å²) in [7, 11) is 0. The summed E-state index contributed by atoms with van der Waals surface area (Å²) in [6.45, 7) is 3.37. The van der Waals surface area contributed by atoms with Crippen LogP contribution in [-0.4, -0.2) is 16.7 Å². The second-order valence-corrected chi connectivity index (χ2v) is 6.47. The van der Waals surface area contributed by atoms with E-state index < -0.39 is 0 Å². The Bertz CT molecular complexity index is 402. The predicted octanol–water partition coefficient (Wildman–Crippen LogP) is 3.96. The molecule has 1 aromatic rings. The molecule has 4 nitrogen and oxygen atoms in total. The summed E-state index contributed by atoms with van der Waals surface area (Å²) in [6.07, 6.45) is 11.4. The lowest BCUT2D eigenvalue weighted by Crippen LogP contribution is -2.20. The molecule has 2 fully saturated rings. The summed E-state index contributed by atoms with van der Waals surface area (Å²) < 4.78 is 5.54. The van der Waals surface area contributed by atoms with Crippen LogP contribution in [0.2, 0.25) is 0 Å². The van der Waals surface area contributed by atoms with Gasteiger partial charge in [-0.15, -0.1) is 0 Å². The average molecular weight is 277 g/mol. The minimum Gasteiger partial charge on any atom is -0.338 e. The van der Waals surface area contributed by atoms with Gasteiger partial charge in [0.2, 0.25) is 5.89 Å². The molecule has 0 spiro atoms. The van der Waals surface area contributed by atoms with Crippen LogP contribution in [0.25, 0.3) is 0 Å². The normalized spacial score (nSPS) is 31.9. The van der Waals surface area contributed by atoms with Crippen LogP contribution in [-0.2, 0) is 0 Å². The van der Waals surface area contributed by atoms with Gasteiger partial charge in [0.15, 0.2) is 5.82 Å². The van der Waals surface area contributed by atoms with Gasteiger partial charge in [-0.1, -0.05) is 31.3 Å². The molecular weight excluding hydrogens is 250 g/mol. The number of rotatable bonds is 3. The Kier molecular flexibility index (Phi) is 4.71. The Morgan fingerprint density at radius 3 is 2.75 bits per heavy atom. The van der Waals surface area contributed by atoms with Crippen LogP contribution in [0.4, 0.5) is 0 Å². The molecule has 20 heavy (non-hydrogen) atoms. The van der Waals surface area contributed by atoms with E-state index >= 15 is 0 Å². The van der Waals surface area contributed by atoms with Crippen molar-refractivity contribution < 1.29 is 4.52 Å². The van der Waals surface area contributed by atoms with Gasteiger partial charge in [0.05, 0.1) is 6.04 Å². The SMILES string of the molecule is CCC1CCC(c2noc(C3CCCCCN3)n2)CC1. The zero-order valence-electron chi connectivity index (χ0n) is 12.6. The fourth-order valence-electron chi connectivity index (χ4n) is 3.62. The van der Waals surface area contributed by atoms with E-state index in [1.165, 1.54) is 51.4 Å². The Balaban J connectivity index is 1.61. The smallest absolute Gasteiger partial charge is 0.243 e. The largest absolute Gasteiger partial charge is 0.338 e. The molecule has 112 valence electrons. The number of aromatic nitrogens is 2. The molecule has 0 amide bonds. The highest BCUT2D eigenvalue weighted by Crippen LogP contribution is 2.36. The monoisotopic (exact) mass is 277 g/mol. The highest BCUT2D eigenvalue weighted by Gasteiger charge is 2.27. The third-order valence-corrected chi connectivity index (χ3v) is 5.11. The molecular formula is C16H27N3O. The third-order valence-electron chi connectivity index (χ3n) is 5.11. The molecule has 1 saturated heterocycles. The maximum Gasteiger partial charge on any atom is 0.243 e. The van der Waals surface area contributed by atoms with Gasteiger partial charge in [-0.3, -0.25) is 0 Å². The lowest BCUT2D eigenvalue weighted by atomic mass is 9.80. The summed E-state index contributed by atoms with van der Waals surface area (Å²) in [5.74, 6) is 3.22. The standard InChI is InChI=1S/C16H27N3O/c1-2-12-7-9-13(10-8-12)15-18-16(20-19-15)14-6-4-3-5-11-17-14/h12-14,17H,2-11H2,1H3. The maximum absolute atomic E-state index is 5.54. The van der Waals surface area contributed by atoms with Gasteiger partial charge < -0.3 is 9.84 Å². The van der Waals surface area contributed by atoms with Crippen molar-refractivity contribution in [2.75, 3.05) is 6.54 Å². The van der Waals surface area contributed by atoms with Gasteiger partial charge in [0.1, 0.15) is 0 Å². The molecule has 1 aliphatic carbocycles. The van der Waals surface area contributed by atoms with E-state index in [2.05, 4.69) is 17.4 Å². The molecule has 0 aromatic carbocycles. The molecule has 0 radical (unpaired) electrons. The highest BCUT2D eigenvalue weighted by molar-refractivity contribution is 5.00. The zero-order chi connectivity index (χ0) is 13.8. The van der Waals surface area contributed by atoms with Gasteiger partial charge in [0, 0.05) is 5.92 Å². The van der Waals surface area contributed by atoms with Gasteiger partial charge >= 0.3 is 0 Å². The number of nitrogens with zero attached hydrogens (tertiary/aromatic N) is 2.